The van der Waals surface area contributed by atoms with E-state index in [2.05, 4.69) is 10.2 Å². The van der Waals surface area contributed by atoms with E-state index >= 15 is 0 Å². The Labute approximate surface area is 117 Å². The molecule has 0 radical (unpaired) electrons. The van der Waals surface area contributed by atoms with Crippen molar-refractivity contribution in [3.63, 3.8) is 0 Å². The second-order valence-corrected chi connectivity index (χ2v) is 3.33. The molecule has 16 heavy (non-hydrogen) atoms. The van der Waals surface area contributed by atoms with Gasteiger partial charge in [-0.2, -0.15) is 20.8 Å². The van der Waals surface area contributed by atoms with Crippen LogP contribution in [0.3, 0.4) is 0 Å². The van der Waals surface area contributed by atoms with Gasteiger partial charge < -0.3 is 0 Å². The number of nitriles is 2. The van der Waals surface area contributed by atoms with E-state index in [0.29, 0.717) is 5.69 Å². The van der Waals surface area contributed by atoms with Crippen LogP contribution in [0.15, 0.2) is 34.5 Å². The zero-order valence-corrected chi connectivity index (χ0v) is 8.60. The average molecular weight is 222 g/mol. The standard InChI is InChI=1S/C11H10N4.Na.H/c1-9-3-5-10(6-4-9)14-15-11(2,7-12)8-13;;/h3-6H,1-2H3;;. The molecule has 1 aromatic carbocycles. The fourth-order valence-electron chi connectivity index (χ4n) is 0.839. The number of nitrogens with zero attached hydrogens (tertiary/aromatic N) is 4. The molecular formula is C11H11N4Na. The first-order valence-corrected chi connectivity index (χ1v) is 4.42. The Balaban J connectivity index is 0.00000225. The van der Waals surface area contributed by atoms with Gasteiger partial charge in [0, 0.05) is 0 Å². The predicted molar refractivity (Wildman–Crippen MR) is 62.5 cm³/mol. The van der Waals surface area contributed by atoms with E-state index in [0.717, 1.165) is 5.56 Å². The van der Waals surface area contributed by atoms with Crippen molar-refractivity contribution in [3.05, 3.63) is 29.8 Å². The minimum absolute atomic E-state index is 0. The molecule has 0 amide bonds. The molecule has 0 N–H and O–H groups in total. The quantitative estimate of drug-likeness (QED) is 0.568. The van der Waals surface area contributed by atoms with Crippen molar-refractivity contribution in [2.24, 2.45) is 10.2 Å². The minimum atomic E-state index is -1.40. The van der Waals surface area contributed by atoms with E-state index in [9.17, 15) is 0 Å². The van der Waals surface area contributed by atoms with Crippen molar-refractivity contribution in [1.82, 2.24) is 0 Å². The van der Waals surface area contributed by atoms with Crippen LogP contribution < -0.4 is 0 Å². The zero-order valence-electron chi connectivity index (χ0n) is 8.60. The van der Waals surface area contributed by atoms with Crippen molar-refractivity contribution >= 4 is 35.2 Å². The van der Waals surface area contributed by atoms with Crippen molar-refractivity contribution in [3.8, 4) is 12.1 Å². The molecule has 0 aliphatic carbocycles. The van der Waals surface area contributed by atoms with Crippen LogP contribution in [0.1, 0.15) is 12.5 Å². The molecule has 76 valence electrons. The van der Waals surface area contributed by atoms with Gasteiger partial charge in [0.05, 0.1) is 5.69 Å². The summed E-state index contributed by atoms with van der Waals surface area (Å²) in [7, 11) is 0. The van der Waals surface area contributed by atoms with Crippen LogP contribution in [0.25, 0.3) is 0 Å². The van der Waals surface area contributed by atoms with Crippen LogP contribution in [0.2, 0.25) is 0 Å². The van der Waals surface area contributed by atoms with Gasteiger partial charge in [0.15, 0.2) is 0 Å². The van der Waals surface area contributed by atoms with Gasteiger partial charge in [-0.3, -0.25) is 0 Å². The van der Waals surface area contributed by atoms with Gasteiger partial charge in [-0.1, -0.05) is 17.7 Å². The van der Waals surface area contributed by atoms with E-state index in [1.165, 1.54) is 6.92 Å². The molecule has 5 heteroatoms. The maximum atomic E-state index is 8.68. The molecular weight excluding hydrogens is 211 g/mol. The summed E-state index contributed by atoms with van der Waals surface area (Å²) in [5.74, 6) is 0. The molecule has 0 bridgehead atoms. The molecule has 4 nitrogen and oxygen atoms in total. The predicted octanol–water partition coefficient (Wildman–Crippen LogP) is 2.24. The number of benzene rings is 1. The van der Waals surface area contributed by atoms with Crippen molar-refractivity contribution in [2.75, 3.05) is 0 Å². The Morgan fingerprint density at radius 1 is 1.12 bits per heavy atom. The second-order valence-electron chi connectivity index (χ2n) is 3.33. The van der Waals surface area contributed by atoms with Gasteiger partial charge in [-0.15, -0.1) is 0 Å². The average Bonchev–Trinajstić information content (AvgIpc) is 2.28. The van der Waals surface area contributed by atoms with E-state index < -0.39 is 5.54 Å². The van der Waals surface area contributed by atoms with Crippen LogP contribution >= 0.6 is 0 Å². The summed E-state index contributed by atoms with van der Waals surface area (Å²) in [6.07, 6.45) is 0. The molecule has 0 aromatic heterocycles. The van der Waals surface area contributed by atoms with Gasteiger partial charge in [-0.05, 0) is 26.0 Å². The van der Waals surface area contributed by atoms with Crippen LogP contribution in [-0.2, 0) is 0 Å². The number of hydrogen-bond donors (Lipinski definition) is 0. The molecule has 0 aliphatic heterocycles. The van der Waals surface area contributed by atoms with Crippen LogP contribution in [0.5, 0.6) is 0 Å². The number of rotatable bonds is 2. The topological polar surface area (TPSA) is 72.3 Å². The van der Waals surface area contributed by atoms with Gasteiger partial charge in [0.2, 0.25) is 5.54 Å². The van der Waals surface area contributed by atoms with Crippen LogP contribution in [0, 0.1) is 29.6 Å². The SMILES string of the molecule is Cc1ccc(N=NC(C)(C#N)C#N)cc1.[NaH]. The summed E-state index contributed by atoms with van der Waals surface area (Å²) < 4.78 is 0. The molecule has 0 saturated heterocycles. The Morgan fingerprint density at radius 3 is 2.06 bits per heavy atom. The summed E-state index contributed by atoms with van der Waals surface area (Å²) in [4.78, 5) is 0. The summed E-state index contributed by atoms with van der Waals surface area (Å²) in [6.45, 7) is 3.39. The third-order valence-corrected chi connectivity index (χ3v) is 1.83. The van der Waals surface area contributed by atoms with E-state index in [1.807, 2.05) is 19.1 Å². The van der Waals surface area contributed by atoms with Crippen molar-refractivity contribution < 1.29 is 0 Å². The monoisotopic (exact) mass is 222 g/mol. The molecule has 0 heterocycles. The van der Waals surface area contributed by atoms with E-state index in [4.69, 9.17) is 10.5 Å². The van der Waals surface area contributed by atoms with Crippen molar-refractivity contribution in [1.29, 1.82) is 10.5 Å². The summed E-state index contributed by atoms with van der Waals surface area (Å²) in [5.41, 5.74) is 0.361. The normalized spacial score (nSPS) is 10.2. The molecule has 0 spiro atoms. The first-order chi connectivity index (χ1) is 7.09. The molecule has 0 saturated carbocycles. The Kier molecular flexibility index (Phi) is 5.92. The molecule has 0 atom stereocenters. The molecule has 1 aromatic rings. The molecule has 1 rings (SSSR count). The summed E-state index contributed by atoms with van der Waals surface area (Å²) >= 11 is 0. The Morgan fingerprint density at radius 2 is 1.62 bits per heavy atom. The number of hydrogen-bond acceptors (Lipinski definition) is 4. The van der Waals surface area contributed by atoms with E-state index in [-0.39, 0.29) is 29.6 Å². The third-order valence-electron chi connectivity index (χ3n) is 1.83. The Hall–Kier alpha value is -1.20. The van der Waals surface area contributed by atoms with E-state index in [1.54, 1.807) is 24.3 Å². The zero-order chi connectivity index (χ0) is 11.3. The maximum absolute atomic E-state index is 8.68. The molecule has 0 unspecified atom stereocenters. The van der Waals surface area contributed by atoms with Crippen LogP contribution in [-0.4, -0.2) is 35.1 Å². The third kappa shape index (κ3) is 4.12. The van der Waals surface area contributed by atoms with Crippen molar-refractivity contribution in [2.45, 2.75) is 19.4 Å². The second kappa shape index (κ2) is 6.40. The van der Waals surface area contributed by atoms with Crippen LogP contribution in [0.4, 0.5) is 5.69 Å². The van der Waals surface area contributed by atoms with Gasteiger partial charge in [-0.25, -0.2) is 0 Å². The molecule has 0 aliphatic rings. The summed E-state index contributed by atoms with van der Waals surface area (Å²) in [5, 5.41) is 24.9. The molecule has 0 fully saturated rings. The number of azo groups is 1. The Bertz CT molecular complexity index is 436. The first kappa shape index (κ1) is 14.8. The fraction of sp³-hybridized carbons (Fsp3) is 0.273. The summed E-state index contributed by atoms with van der Waals surface area (Å²) in [6, 6.07) is 10.9. The van der Waals surface area contributed by atoms with Gasteiger partial charge in [0.1, 0.15) is 12.1 Å². The number of aryl methyl sites for hydroxylation is 1. The fourth-order valence-corrected chi connectivity index (χ4v) is 0.839. The van der Waals surface area contributed by atoms with Gasteiger partial charge >= 0.3 is 29.6 Å². The first-order valence-electron chi connectivity index (χ1n) is 4.42. The van der Waals surface area contributed by atoms with Gasteiger partial charge in [0.25, 0.3) is 0 Å².